The molecule has 1 aromatic carbocycles. The molecular formula is C15H8FNO4. The summed E-state index contributed by atoms with van der Waals surface area (Å²) in [6, 6.07) is 6.80. The van der Waals surface area contributed by atoms with E-state index in [0.29, 0.717) is 10.9 Å². The van der Waals surface area contributed by atoms with Gasteiger partial charge in [0.25, 0.3) is 0 Å². The van der Waals surface area contributed by atoms with Crippen molar-refractivity contribution in [2.24, 2.45) is 0 Å². The number of aromatic carboxylic acids is 1. The van der Waals surface area contributed by atoms with E-state index in [-0.39, 0.29) is 10.9 Å². The predicted octanol–water partition coefficient (Wildman–Crippen LogP) is 2.69. The van der Waals surface area contributed by atoms with Crippen molar-refractivity contribution in [3.63, 3.8) is 0 Å². The van der Waals surface area contributed by atoms with Crippen LogP contribution in [0.5, 0.6) is 0 Å². The highest BCUT2D eigenvalue weighted by Gasteiger charge is 2.20. The number of hydrogen-bond donors (Lipinski definition) is 1. The quantitative estimate of drug-likeness (QED) is 0.783. The van der Waals surface area contributed by atoms with Gasteiger partial charge < -0.3 is 9.52 Å². The molecule has 2 heterocycles. The predicted molar refractivity (Wildman–Crippen MR) is 72.6 cm³/mol. The first kappa shape index (κ1) is 13.0. The lowest BCUT2D eigenvalue weighted by atomic mass is 9.99. The van der Waals surface area contributed by atoms with Gasteiger partial charge in [-0.15, -0.1) is 0 Å². The highest BCUT2D eigenvalue weighted by molar-refractivity contribution is 6.04. The molecule has 0 aliphatic rings. The zero-order chi connectivity index (χ0) is 15.0. The van der Waals surface area contributed by atoms with E-state index in [1.165, 1.54) is 42.7 Å². The maximum absolute atomic E-state index is 13.0. The second-order valence-electron chi connectivity index (χ2n) is 4.33. The van der Waals surface area contributed by atoms with E-state index in [1.807, 2.05) is 0 Å². The molecule has 0 aliphatic heterocycles. The van der Waals surface area contributed by atoms with Gasteiger partial charge in [0.1, 0.15) is 5.82 Å². The Morgan fingerprint density at radius 3 is 2.52 bits per heavy atom. The number of carboxylic acid groups (broad SMARTS) is 1. The summed E-state index contributed by atoms with van der Waals surface area (Å²) in [5.74, 6) is -2.30. The number of halogens is 1. The number of aromatic nitrogens is 1. The fourth-order valence-corrected chi connectivity index (χ4v) is 2.15. The summed E-state index contributed by atoms with van der Waals surface area (Å²) < 4.78 is 17.9. The molecule has 3 rings (SSSR count). The van der Waals surface area contributed by atoms with E-state index in [2.05, 4.69) is 4.98 Å². The van der Waals surface area contributed by atoms with Crippen molar-refractivity contribution in [1.29, 1.82) is 0 Å². The largest absolute Gasteiger partial charge is 0.475 e. The topological polar surface area (TPSA) is 80.4 Å². The number of rotatable bonds is 2. The number of carboxylic acids is 1. The van der Waals surface area contributed by atoms with Crippen LogP contribution in [-0.4, -0.2) is 16.1 Å². The fraction of sp³-hybridized carbons (Fsp3) is 0. The third-order valence-electron chi connectivity index (χ3n) is 3.06. The molecular weight excluding hydrogens is 277 g/mol. The number of hydrogen-bond acceptors (Lipinski definition) is 4. The minimum absolute atomic E-state index is 0.168. The smallest absolute Gasteiger partial charge is 0.372 e. The normalized spacial score (nSPS) is 10.7. The lowest BCUT2D eigenvalue weighted by Gasteiger charge is -2.08. The molecule has 0 unspecified atom stereocenters. The first-order chi connectivity index (χ1) is 10.1. The molecule has 0 aliphatic carbocycles. The Bertz CT molecular complexity index is 900. The molecule has 0 fully saturated rings. The third-order valence-corrected chi connectivity index (χ3v) is 3.06. The molecule has 3 aromatic rings. The molecule has 0 atom stereocenters. The molecule has 21 heavy (non-hydrogen) atoms. The molecule has 2 aromatic heterocycles. The van der Waals surface area contributed by atoms with Gasteiger partial charge in [0, 0.05) is 23.3 Å². The molecule has 0 saturated heterocycles. The van der Waals surface area contributed by atoms with Crippen LogP contribution in [0.15, 0.2) is 51.9 Å². The number of pyridine rings is 1. The maximum Gasteiger partial charge on any atom is 0.372 e. The Balaban J connectivity index is 2.46. The summed E-state index contributed by atoms with van der Waals surface area (Å²) in [7, 11) is 0. The molecule has 0 radical (unpaired) electrons. The minimum Gasteiger partial charge on any atom is -0.475 e. The third kappa shape index (κ3) is 2.16. The van der Waals surface area contributed by atoms with Crippen LogP contribution in [0.4, 0.5) is 4.39 Å². The first-order valence-corrected chi connectivity index (χ1v) is 5.98. The standard InChI is InChI=1S/C15H8FNO4/c16-9-3-1-8(2-4-9)12-10-5-6-17-7-11(10)15(20)21-13(12)14(18)19/h1-7H,(H,18,19). The molecule has 104 valence electrons. The lowest BCUT2D eigenvalue weighted by molar-refractivity contribution is 0.0659. The molecule has 5 nitrogen and oxygen atoms in total. The maximum atomic E-state index is 13.0. The molecule has 6 heteroatoms. The molecule has 0 saturated carbocycles. The van der Waals surface area contributed by atoms with Crippen LogP contribution < -0.4 is 5.63 Å². The van der Waals surface area contributed by atoms with Crippen LogP contribution >= 0.6 is 0 Å². The lowest BCUT2D eigenvalue weighted by Crippen LogP contribution is -2.09. The van der Waals surface area contributed by atoms with E-state index >= 15 is 0 Å². The number of benzene rings is 1. The van der Waals surface area contributed by atoms with Crippen molar-refractivity contribution >= 4 is 16.7 Å². The fourth-order valence-electron chi connectivity index (χ4n) is 2.15. The molecule has 1 N–H and O–H groups in total. The average molecular weight is 285 g/mol. The van der Waals surface area contributed by atoms with E-state index in [4.69, 9.17) is 4.42 Å². The zero-order valence-corrected chi connectivity index (χ0v) is 10.5. The van der Waals surface area contributed by atoms with Crippen LogP contribution in [0.25, 0.3) is 21.9 Å². The van der Waals surface area contributed by atoms with Gasteiger partial charge in [-0.2, -0.15) is 0 Å². The summed E-state index contributed by atoms with van der Waals surface area (Å²) in [4.78, 5) is 27.0. The van der Waals surface area contributed by atoms with E-state index < -0.39 is 23.2 Å². The molecule has 0 spiro atoms. The monoisotopic (exact) mass is 285 g/mol. The number of fused-ring (bicyclic) bond motifs is 1. The van der Waals surface area contributed by atoms with Gasteiger partial charge in [-0.25, -0.2) is 14.0 Å². The molecule has 0 amide bonds. The van der Waals surface area contributed by atoms with E-state index in [0.717, 1.165) is 0 Å². The second kappa shape index (κ2) is 4.82. The van der Waals surface area contributed by atoms with Crippen LogP contribution in [0, 0.1) is 5.82 Å². The van der Waals surface area contributed by atoms with E-state index in [9.17, 15) is 19.1 Å². The Kier molecular flexibility index (Phi) is 2.98. The minimum atomic E-state index is -1.37. The highest BCUT2D eigenvalue weighted by Crippen LogP contribution is 2.30. The highest BCUT2D eigenvalue weighted by atomic mass is 19.1. The van der Waals surface area contributed by atoms with Crippen molar-refractivity contribution < 1.29 is 18.7 Å². The van der Waals surface area contributed by atoms with Crippen LogP contribution in [0.1, 0.15) is 10.6 Å². The summed E-state index contributed by atoms with van der Waals surface area (Å²) >= 11 is 0. The summed E-state index contributed by atoms with van der Waals surface area (Å²) in [6.45, 7) is 0. The van der Waals surface area contributed by atoms with Gasteiger partial charge in [0.15, 0.2) is 0 Å². The number of nitrogens with zero attached hydrogens (tertiary/aromatic N) is 1. The second-order valence-corrected chi connectivity index (χ2v) is 4.33. The van der Waals surface area contributed by atoms with Gasteiger partial charge in [0.05, 0.1) is 5.39 Å². The van der Waals surface area contributed by atoms with Crippen LogP contribution in [0.2, 0.25) is 0 Å². The number of carbonyl (C=O) groups is 1. The van der Waals surface area contributed by atoms with Crippen molar-refractivity contribution in [3.05, 3.63) is 64.7 Å². The Hall–Kier alpha value is -3.02. The molecule has 0 bridgehead atoms. The van der Waals surface area contributed by atoms with Gasteiger partial charge >= 0.3 is 11.6 Å². The van der Waals surface area contributed by atoms with Gasteiger partial charge in [-0.1, -0.05) is 12.1 Å². The van der Waals surface area contributed by atoms with Crippen LogP contribution in [-0.2, 0) is 0 Å². The SMILES string of the molecule is O=C(O)c1oc(=O)c2cnccc2c1-c1ccc(F)cc1. The van der Waals surface area contributed by atoms with E-state index in [1.54, 1.807) is 0 Å². The Morgan fingerprint density at radius 2 is 1.86 bits per heavy atom. The van der Waals surface area contributed by atoms with Crippen molar-refractivity contribution in [2.75, 3.05) is 0 Å². The zero-order valence-electron chi connectivity index (χ0n) is 10.5. The van der Waals surface area contributed by atoms with Gasteiger partial charge in [-0.3, -0.25) is 4.98 Å². The van der Waals surface area contributed by atoms with Gasteiger partial charge in [-0.05, 0) is 23.8 Å². The van der Waals surface area contributed by atoms with Crippen molar-refractivity contribution in [1.82, 2.24) is 4.98 Å². The Morgan fingerprint density at radius 1 is 1.14 bits per heavy atom. The van der Waals surface area contributed by atoms with Crippen molar-refractivity contribution in [3.8, 4) is 11.1 Å². The average Bonchev–Trinajstić information content (AvgIpc) is 2.48. The Labute approximate surface area is 117 Å². The summed E-state index contributed by atoms with van der Waals surface area (Å²) in [5.41, 5.74) is -0.116. The van der Waals surface area contributed by atoms with Crippen molar-refractivity contribution in [2.45, 2.75) is 0 Å². The summed E-state index contributed by atoms with van der Waals surface area (Å²) in [6.07, 6.45) is 2.75. The first-order valence-electron chi connectivity index (χ1n) is 5.98. The van der Waals surface area contributed by atoms with Crippen LogP contribution in [0.3, 0.4) is 0 Å². The summed E-state index contributed by atoms with van der Waals surface area (Å²) in [5, 5.41) is 9.81. The van der Waals surface area contributed by atoms with Gasteiger partial charge in [0.2, 0.25) is 5.76 Å².